The zero-order valence-corrected chi connectivity index (χ0v) is 13.6. The third-order valence-electron chi connectivity index (χ3n) is 3.81. The lowest BCUT2D eigenvalue weighted by atomic mass is 9.96. The minimum absolute atomic E-state index is 0.123. The topological polar surface area (TPSA) is 29.0 Å². The van der Waals surface area contributed by atoms with Crippen LogP contribution in [0.15, 0.2) is 30.3 Å². The molecule has 0 saturated carbocycles. The number of rotatable bonds is 1. The van der Waals surface area contributed by atoms with E-state index in [1.54, 1.807) is 0 Å². The van der Waals surface area contributed by atoms with Gasteiger partial charge in [0.25, 0.3) is 0 Å². The molecule has 0 aliphatic carbocycles. The molecule has 1 unspecified atom stereocenters. The van der Waals surface area contributed by atoms with Crippen LogP contribution in [0.3, 0.4) is 0 Å². The van der Waals surface area contributed by atoms with Crippen LogP contribution < -0.4 is 4.90 Å². The van der Waals surface area contributed by atoms with Gasteiger partial charge in [0.1, 0.15) is 16.8 Å². The van der Waals surface area contributed by atoms with Gasteiger partial charge in [0.15, 0.2) is 0 Å². The van der Waals surface area contributed by atoms with Crippen molar-refractivity contribution in [3.63, 3.8) is 0 Å². The molecule has 1 aliphatic heterocycles. The molecule has 0 spiro atoms. The van der Waals surface area contributed by atoms with Gasteiger partial charge in [-0.25, -0.2) is 9.97 Å². The molecule has 4 heteroatoms. The fourth-order valence-electron chi connectivity index (χ4n) is 2.78. The van der Waals surface area contributed by atoms with Crippen LogP contribution in [-0.2, 0) is 11.8 Å². The van der Waals surface area contributed by atoms with Crippen LogP contribution in [0, 0.1) is 0 Å². The predicted molar refractivity (Wildman–Crippen MR) is 87.5 cm³/mol. The summed E-state index contributed by atoms with van der Waals surface area (Å²) in [6.07, 6.45) is 1.03. The predicted octanol–water partition coefficient (Wildman–Crippen LogP) is 4.51. The quantitative estimate of drug-likeness (QED) is 0.726. The first-order valence-corrected chi connectivity index (χ1v) is 7.66. The van der Waals surface area contributed by atoms with Gasteiger partial charge in [-0.3, -0.25) is 0 Å². The Morgan fingerprint density at radius 1 is 1.19 bits per heavy atom. The van der Waals surface area contributed by atoms with Gasteiger partial charge in [-0.1, -0.05) is 50.6 Å². The molecule has 1 aromatic carbocycles. The van der Waals surface area contributed by atoms with Crippen LogP contribution in [0.4, 0.5) is 11.5 Å². The van der Waals surface area contributed by atoms with Gasteiger partial charge in [0.2, 0.25) is 0 Å². The van der Waals surface area contributed by atoms with Gasteiger partial charge >= 0.3 is 0 Å². The van der Waals surface area contributed by atoms with Crippen molar-refractivity contribution in [1.29, 1.82) is 0 Å². The lowest BCUT2D eigenvalue weighted by Crippen LogP contribution is -2.26. The van der Waals surface area contributed by atoms with Crippen molar-refractivity contribution >= 4 is 23.1 Å². The molecule has 0 amide bonds. The van der Waals surface area contributed by atoms with Crippen molar-refractivity contribution in [3.05, 3.63) is 46.9 Å². The molecule has 2 heterocycles. The number of hydrogen-bond acceptors (Lipinski definition) is 3. The molecule has 3 rings (SSSR count). The molecule has 110 valence electrons. The Labute approximate surface area is 131 Å². The second kappa shape index (κ2) is 4.99. The summed E-state index contributed by atoms with van der Waals surface area (Å²) in [7, 11) is 0. The van der Waals surface area contributed by atoms with E-state index in [2.05, 4.69) is 61.8 Å². The third kappa shape index (κ3) is 2.62. The minimum Gasteiger partial charge on any atom is -0.323 e. The monoisotopic (exact) mass is 301 g/mol. The van der Waals surface area contributed by atoms with E-state index in [4.69, 9.17) is 16.6 Å². The van der Waals surface area contributed by atoms with E-state index in [-0.39, 0.29) is 5.41 Å². The number of anilines is 2. The Bertz CT molecular complexity index is 676. The van der Waals surface area contributed by atoms with Crippen molar-refractivity contribution in [3.8, 4) is 0 Å². The second-order valence-corrected chi connectivity index (χ2v) is 7.06. The molecule has 0 bridgehead atoms. The Kier molecular flexibility index (Phi) is 3.40. The van der Waals surface area contributed by atoms with Crippen molar-refractivity contribution in [2.45, 2.75) is 45.6 Å². The molecule has 1 atom stereocenters. The fraction of sp³-hybridized carbons (Fsp3) is 0.412. The Hall–Kier alpha value is -1.61. The number of benzene rings is 1. The Morgan fingerprint density at radius 3 is 2.62 bits per heavy atom. The summed E-state index contributed by atoms with van der Waals surface area (Å²) >= 11 is 6.23. The van der Waals surface area contributed by atoms with Crippen molar-refractivity contribution in [2.24, 2.45) is 0 Å². The number of para-hydroxylation sites is 1. The van der Waals surface area contributed by atoms with E-state index in [9.17, 15) is 0 Å². The summed E-state index contributed by atoms with van der Waals surface area (Å²) in [6, 6.07) is 10.7. The van der Waals surface area contributed by atoms with Gasteiger partial charge in [0.05, 0.1) is 0 Å². The first kappa shape index (κ1) is 14.3. The maximum Gasteiger partial charge on any atom is 0.138 e. The van der Waals surface area contributed by atoms with E-state index in [1.807, 2.05) is 6.07 Å². The summed E-state index contributed by atoms with van der Waals surface area (Å²) in [4.78, 5) is 11.4. The zero-order chi connectivity index (χ0) is 15.2. The van der Waals surface area contributed by atoms with Gasteiger partial charge < -0.3 is 4.90 Å². The molecule has 0 radical (unpaired) electrons. The highest BCUT2D eigenvalue weighted by Gasteiger charge is 2.29. The molecule has 1 aliphatic rings. The minimum atomic E-state index is -0.123. The number of fused-ring (bicyclic) bond motifs is 1. The van der Waals surface area contributed by atoms with E-state index < -0.39 is 0 Å². The third-order valence-corrected chi connectivity index (χ3v) is 4.00. The van der Waals surface area contributed by atoms with E-state index in [0.717, 1.165) is 18.1 Å². The largest absolute Gasteiger partial charge is 0.323 e. The highest BCUT2D eigenvalue weighted by molar-refractivity contribution is 6.29. The summed E-state index contributed by atoms with van der Waals surface area (Å²) in [5.74, 6) is 1.67. The highest BCUT2D eigenvalue weighted by Crippen LogP contribution is 2.38. The smallest absolute Gasteiger partial charge is 0.138 e. The highest BCUT2D eigenvalue weighted by atomic mass is 35.5. The summed E-state index contributed by atoms with van der Waals surface area (Å²) in [5, 5.41) is 0.501. The van der Waals surface area contributed by atoms with Gasteiger partial charge in [-0.15, -0.1) is 0 Å². The first-order valence-electron chi connectivity index (χ1n) is 7.28. The fourth-order valence-corrected chi connectivity index (χ4v) is 2.96. The van der Waals surface area contributed by atoms with Crippen molar-refractivity contribution < 1.29 is 0 Å². The summed E-state index contributed by atoms with van der Waals surface area (Å²) in [5.41, 5.74) is 2.46. The lowest BCUT2D eigenvalue weighted by molar-refractivity contribution is 0.544. The average Bonchev–Trinajstić information content (AvgIpc) is 2.72. The summed E-state index contributed by atoms with van der Waals surface area (Å²) < 4.78 is 0. The molecule has 1 aromatic heterocycles. The van der Waals surface area contributed by atoms with Crippen LogP contribution >= 0.6 is 11.6 Å². The Morgan fingerprint density at radius 2 is 1.90 bits per heavy atom. The average molecular weight is 302 g/mol. The van der Waals surface area contributed by atoms with Crippen LogP contribution in [-0.4, -0.2) is 16.0 Å². The molecule has 0 fully saturated rings. The lowest BCUT2D eigenvalue weighted by Gasteiger charge is -2.26. The number of hydrogen-bond donors (Lipinski definition) is 0. The number of aromatic nitrogens is 2. The van der Waals surface area contributed by atoms with Crippen LogP contribution in [0.25, 0.3) is 0 Å². The normalized spacial score (nSPS) is 18.0. The van der Waals surface area contributed by atoms with Crippen molar-refractivity contribution in [1.82, 2.24) is 9.97 Å². The molecule has 3 nitrogen and oxygen atoms in total. The number of halogens is 1. The van der Waals surface area contributed by atoms with Gasteiger partial charge in [-0.2, -0.15) is 0 Å². The van der Waals surface area contributed by atoms with E-state index in [0.29, 0.717) is 11.2 Å². The van der Waals surface area contributed by atoms with Crippen LogP contribution in [0.1, 0.15) is 39.1 Å². The van der Waals surface area contributed by atoms with E-state index in [1.165, 1.54) is 11.3 Å². The van der Waals surface area contributed by atoms with Gasteiger partial charge in [0, 0.05) is 23.2 Å². The molecule has 0 saturated heterocycles. The molecular weight excluding hydrogens is 282 g/mol. The van der Waals surface area contributed by atoms with Gasteiger partial charge in [-0.05, 0) is 25.0 Å². The molecule has 21 heavy (non-hydrogen) atoms. The van der Waals surface area contributed by atoms with Crippen LogP contribution in [0.2, 0.25) is 5.15 Å². The Balaban J connectivity index is 2.11. The van der Waals surface area contributed by atoms with Crippen LogP contribution in [0.5, 0.6) is 0 Å². The number of nitrogens with zero attached hydrogens (tertiary/aromatic N) is 3. The van der Waals surface area contributed by atoms with Crippen molar-refractivity contribution in [2.75, 3.05) is 4.90 Å². The second-order valence-electron chi connectivity index (χ2n) is 6.67. The zero-order valence-electron chi connectivity index (χ0n) is 12.9. The maximum absolute atomic E-state index is 6.23. The molecular formula is C17H20ClN3. The maximum atomic E-state index is 6.23. The SMILES string of the molecule is CC1Cc2ccccc2N1c1cc(Cl)nc(C(C)(C)C)n1. The van der Waals surface area contributed by atoms with E-state index >= 15 is 0 Å². The first-order chi connectivity index (χ1) is 9.86. The molecule has 2 aromatic rings. The summed E-state index contributed by atoms with van der Waals surface area (Å²) in [6.45, 7) is 8.52. The standard InChI is InChI=1S/C17H20ClN3/c1-11-9-12-7-5-6-8-13(12)21(11)15-10-14(18)19-16(20-15)17(2,3)4/h5-8,10-11H,9H2,1-4H3. The molecule has 0 N–H and O–H groups in total.